The van der Waals surface area contributed by atoms with Crippen molar-refractivity contribution in [1.29, 1.82) is 0 Å². The van der Waals surface area contributed by atoms with Crippen LogP contribution in [0.3, 0.4) is 0 Å². The normalized spacial score (nSPS) is 18.4. The zero-order valence-corrected chi connectivity index (χ0v) is 16.8. The Balaban J connectivity index is 1.65. The largest absolute Gasteiger partial charge is 0.305 e. The van der Waals surface area contributed by atoms with Gasteiger partial charge in [0, 0.05) is 21.2 Å². The molecule has 4 rings (SSSR count). The first kappa shape index (κ1) is 19.2. The predicted octanol–water partition coefficient (Wildman–Crippen LogP) is 5.17. The van der Waals surface area contributed by atoms with Crippen LogP contribution in [0, 0.1) is 0 Å². The van der Waals surface area contributed by atoms with E-state index < -0.39 is 5.66 Å². The molecule has 1 saturated carbocycles. The number of rotatable bonds is 4. The van der Waals surface area contributed by atoms with E-state index in [4.69, 9.17) is 28.2 Å². The Morgan fingerprint density at radius 2 is 1.50 bits per heavy atom. The van der Waals surface area contributed by atoms with Gasteiger partial charge in [0.25, 0.3) is 5.91 Å². The highest BCUT2D eigenvalue weighted by Gasteiger charge is 2.48. The molecule has 6 heteroatoms. The van der Waals surface area contributed by atoms with Gasteiger partial charge < -0.3 is 4.90 Å². The predicted molar refractivity (Wildman–Crippen MR) is 111 cm³/mol. The molecule has 1 aliphatic carbocycles. The summed E-state index contributed by atoms with van der Waals surface area (Å²) >= 11 is 11.9. The van der Waals surface area contributed by atoms with Crippen molar-refractivity contribution >= 4 is 40.6 Å². The average molecular weight is 415 g/mol. The number of amides is 1. The summed E-state index contributed by atoms with van der Waals surface area (Å²) in [6.45, 7) is 0.0149. The van der Waals surface area contributed by atoms with E-state index >= 15 is 0 Å². The van der Waals surface area contributed by atoms with Crippen molar-refractivity contribution in [3.8, 4) is 0 Å². The van der Waals surface area contributed by atoms with E-state index in [9.17, 15) is 9.59 Å². The van der Waals surface area contributed by atoms with E-state index in [2.05, 4.69) is 0 Å². The Bertz CT molecular complexity index is 930. The molecule has 4 nitrogen and oxygen atoms in total. The summed E-state index contributed by atoms with van der Waals surface area (Å²) in [4.78, 5) is 32.7. The molecule has 1 fully saturated rings. The second kappa shape index (κ2) is 7.69. The van der Waals surface area contributed by atoms with Crippen LogP contribution in [0.2, 0.25) is 10.0 Å². The lowest BCUT2D eigenvalue weighted by molar-refractivity contribution is -0.128. The van der Waals surface area contributed by atoms with E-state index in [0.29, 0.717) is 21.3 Å². The number of carbonyl (C=O) groups is 2. The Hall–Kier alpha value is -2.17. The maximum absolute atomic E-state index is 13.3. The van der Waals surface area contributed by atoms with Crippen molar-refractivity contribution in [1.82, 2.24) is 4.90 Å². The summed E-state index contributed by atoms with van der Waals surface area (Å²) in [5.74, 6) is -0.297. The van der Waals surface area contributed by atoms with Gasteiger partial charge in [-0.2, -0.15) is 0 Å². The van der Waals surface area contributed by atoms with Crippen molar-refractivity contribution in [3.05, 3.63) is 69.7 Å². The van der Waals surface area contributed by atoms with Gasteiger partial charge in [0.1, 0.15) is 11.4 Å². The molecule has 2 aliphatic rings. The van der Waals surface area contributed by atoms with Gasteiger partial charge in [-0.25, -0.2) is 0 Å². The summed E-state index contributed by atoms with van der Waals surface area (Å²) < 4.78 is 0. The molecule has 0 atom stereocenters. The molecule has 2 aromatic carbocycles. The Labute approximate surface area is 174 Å². The molecule has 2 aromatic rings. The van der Waals surface area contributed by atoms with Gasteiger partial charge in [0.15, 0.2) is 5.78 Å². The van der Waals surface area contributed by atoms with Crippen molar-refractivity contribution < 1.29 is 9.59 Å². The summed E-state index contributed by atoms with van der Waals surface area (Å²) in [7, 11) is 0. The minimum atomic E-state index is -0.619. The number of aliphatic imine (C=N–C) groups is 1. The van der Waals surface area contributed by atoms with Gasteiger partial charge in [-0.3, -0.25) is 14.6 Å². The van der Waals surface area contributed by atoms with Gasteiger partial charge in [-0.05, 0) is 62.1 Å². The van der Waals surface area contributed by atoms with Crippen LogP contribution in [0.25, 0.3) is 0 Å². The third kappa shape index (κ3) is 3.59. The number of benzene rings is 2. The van der Waals surface area contributed by atoms with Gasteiger partial charge in [-0.15, -0.1) is 0 Å². The SMILES string of the molecule is O=C(CN1C(=O)C(c2ccc(Cl)cc2)=NC12CCCCC2)c1ccc(Cl)cc1. The highest BCUT2D eigenvalue weighted by atomic mass is 35.5. The molecule has 0 N–H and O–H groups in total. The summed E-state index contributed by atoms with van der Waals surface area (Å²) in [6.07, 6.45) is 4.68. The molecular formula is C22H20Cl2N2O2. The summed E-state index contributed by atoms with van der Waals surface area (Å²) in [6, 6.07) is 13.9. The van der Waals surface area contributed by atoms with Crippen LogP contribution in [0.1, 0.15) is 48.0 Å². The van der Waals surface area contributed by atoms with Crippen LogP contribution in [0.4, 0.5) is 0 Å². The number of halogens is 2. The highest BCUT2D eigenvalue weighted by molar-refractivity contribution is 6.47. The van der Waals surface area contributed by atoms with E-state index in [0.717, 1.165) is 37.7 Å². The smallest absolute Gasteiger partial charge is 0.275 e. The first-order chi connectivity index (χ1) is 13.5. The number of hydrogen-bond donors (Lipinski definition) is 0. The fraction of sp³-hybridized carbons (Fsp3) is 0.318. The van der Waals surface area contributed by atoms with Crippen molar-refractivity contribution in [2.24, 2.45) is 4.99 Å². The maximum Gasteiger partial charge on any atom is 0.275 e. The van der Waals surface area contributed by atoms with Gasteiger partial charge in [-0.1, -0.05) is 41.8 Å². The lowest BCUT2D eigenvalue weighted by atomic mass is 9.88. The molecular weight excluding hydrogens is 395 g/mol. The third-order valence-electron chi connectivity index (χ3n) is 5.51. The van der Waals surface area contributed by atoms with Crippen LogP contribution < -0.4 is 0 Å². The zero-order chi connectivity index (χ0) is 19.7. The Morgan fingerprint density at radius 3 is 2.11 bits per heavy atom. The molecule has 0 bridgehead atoms. The first-order valence-corrected chi connectivity index (χ1v) is 10.2. The monoisotopic (exact) mass is 414 g/mol. The number of hydrogen-bond acceptors (Lipinski definition) is 3. The topological polar surface area (TPSA) is 49.7 Å². The standard InChI is InChI=1S/C22H20Cl2N2O2/c23-17-8-4-15(5-9-17)19(27)14-26-21(28)20(16-6-10-18(24)11-7-16)25-22(26)12-2-1-3-13-22/h4-11H,1-3,12-14H2. The quantitative estimate of drug-likeness (QED) is 0.647. The maximum atomic E-state index is 13.3. The van der Waals surface area contributed by atoms with E-state index in [1.807, 2.05) is 0 Å². The fourth-order valence-corrected chi connectivity index (χ4v) is 4.27. The summed E-state index contributed by atoms with van der Waals surface area (Å²) in [5.41, 5.74) is 1.08. The Morgan fingerprint density at radius 1 is 0.929 bits per heavy atom. The minimum absolute atomic E-state index is 0.0149. The van der Waals surface area contributed by atoms with Crippen LogP contribution in [-0.2, 0) is 4.79 Å². The first-order valence-electron chi connectivity index (χ1n) is 9.45. The van der Waals surface area contributed by atoms with E-state index in [1.54, 1.807) is 53.4 Å². The number of nitrogens with zero attached hydrogens (tertiary/aromatic N) is 2. The second-order valence-corrected chi connectivity index (χ2v) is 8.20. The van der Waals surface area contributed by atoms with Crippen LogP contribution in [0.5, 0.6) is 0 Å². The van der Waals surface area contributed by atoms with Crippen molar-refractivity contribution in [2.75, 3.05) is 6.54 Å². The molecule has 0 saturated heterocycles. The number of carbonyl (C=O) groups excluding carboxylic acids is 2. The number of ketones is 1. The lowest BCUT2D eigenvalue weighted by Gasteiger charge is -2.38. The molecule has 1 aliphatic heterocycles. The van der Waals surface area contributed by atoms with Gasteiger partial charge in [0.05, 0.1) is 6.54 Å². The van der Waals surface area contributed by atoms with Gasteiger partial charge >= 0.3 is 0 Å². The van der Waals surface area contributed by atoms with Crippen molar-refractivity contribution in [3.63, 3.8) is 0 Å². The molecule has 1 amide bonds. The minimum Gasteiger partial charge on any atom is -0.305 e. The zero-order valence-electron chi connectivity index (χ0n) is 15.3. The van der Waals surface area contributed by atoms with Crippen LogP contribution in [0.15, 0.2) is 53.5 Å². The average Bonchev–Trinajstić information content (AvgIpc) is 2.95. The highest BCUT2D eigenvalue weighted by Crippen LogP contribution is 2.39. The van der Waals surface area contributed by atoms with Crippen molar-refractivity contribution in [2.45, 2.75) is 37.8 Å². The Kier molecular flexibility index (Phi) is 5.26. The van der Waals surface area contributed by atoms with Crippen LogP contribution >= 0.6 is 23.2 Å². The molecule has 0 unspecified atom stereocenters. The van der Waals surface area contributed by atoms with Crippen LogP contribution in [-0.4, -0.2) is 34.5 Å². The van der Waals surface area contributed by atoms with Gasteiger partial charge in [0.2, 0.25) is 0 Å². The molecule has 144 valence electrons. The molecule has 1 spiro atoms. The number of Topliss-reactive ketones (excluding diaryl/α,β-unsaturated/α-hetero) is 1. The molecule has 0 radical (unpaired) electrons. The lowest BCUT2D eigenvalue weighted by Crippen LogP contribution is -2.50. The second-order valence-electron chi connectivity index (χ2n) is 7.33. The molecule has 1 heterocycles. The fourth-order valence-electron chi connectivity index (χ4n) is 4.02. The molecule has 0 aromatic heterocycles. The third-order valence-corrected chi connectivity index (χ3v) is 6.01. The molecule has 28 heavy (non-hydrogen) atoms. The summed E-state index contributed by atoms with van der Waals surface area (Å²) in [5, 5.41) is 1.18. The van der Waals surface area contributed by atoms with E-state index in [-0.39, 0.29) is 18.2 Å². The van der Waals surface area contributed by atoms with E-state index in [1.165, 1.54) is 0 Å².